The fraction of sp³-hybridized carbons (Fsp3) is 0.118. The van der Waals surface area contributed by atoms with Crippen molar-refractivity contribution < 1.29 is 0 Å². The van der Waals surface area contributed by atoms with Crippen LogP contribution < -0.4 is 0 Å². The highest BCUT2D eigenvalue weighted by Gasteiger charge is 2.09. The molecule has 0 radical (unpaired) electrons. The van der Waals surface area contributed by atoms with Crippen molar-refractivity contribution in [1.82, 2.24) is 4.98 Å². The fourth-order valence-corrected chi connectivity index (χ4v) is 2.40. The number of fused-ring (bicyclic) bond motifs is 1. The Labute approximate surface area is 112 Å². The van der Waals surface area contributed by atoms with E-state index in [0.717, 1.165) is 22.6 Å². The number of nitrogens with zero attached hydrogens (tertiary/aromatic N) is 1. The van der Waals surface area contributed by atoms with Gasteiger partial charge in [0.2, 0.25) is 0 Å². The molecular formula is C17H16N2. The molecule has 0 atom stereocenters. The van der Waals surface area contributed by atoms with Gasteiger partial charge in [0, 0.05) is 10.9 Å². The molecule has 2 aromatic carbocycles. The third-order valence-corrected chi connectivity index (χ3v) is 3.38. The summed E-state index contributed by atoms with van der Waals surface area (Å²) in [5.41, 5.74) is 5.54. The van der Waals surface area contributed by atoms with E-state index in [2.05, 4.69) is 35.1 Å². The van der Waals surface area contributed by atoms with Gasteiger partial charge in [-0.3, -0.25) is 4.99 Å². The minimum Gasteiger partial charge on any atom is -0.353 e. The molecule has 0 bridgehead atoms. The molecule has 0 saturated heterocycles. The first kappa shape index (κ1) is 11.7. The van der Waals surface area contributed by atoms with Crippen LogP contribution >= 0.6 is 0 Å². The molecule has 2 nitrogen and oxygen atoms in total. The van der Waals surface area contributed by atoms with E-state index < -0.39 is 0 Å². The number of aromatic amines is 1. The molecule has 0 fully saturated rings. The molecule has 3 rings (SSSR count). The van der Waals surface area contributed by atoms with E-state index >= 15 is 0 Å². The SMILES string of the molecule is CC(=Nc1ccccc1)c1[nH]c2ccccc2c1C. The molecule has 3 aromatic rings. The summed E-state index contributed by atoms with van der Waals surface area (Å²) in [6.45, 7) is 4.18. The number of H-pyrrole nitrogens is 1. The number of para-hydroxylation sites is 2. The van der Waals surface area contributed by atoms with Crippen LogP contribution in [-0.4, -0.2) is 10.7 Å². The quantitative estimate of drug-likeness (QED) is 0.641. The summed E-state index contributed by atoms with van der Waals surface area (Å²) in [4.78, 5) is 8.12. The number of hydrogen-bond acceptors (Lipinski definition) is 1. The van der Waals surface area contributed by atoms with Gasteiger partial charge in [0.15, 0.2) is 0 Å². The lowest BCUT2D eigenvalue weighted by Crippen LogP contribution is -1.96. The number of hydrogen-bond donors (Lipinski definition) is 1. The zero-order valence-electron chi connectivity index (χ0n) is 11.1. The first-order chi connectivity index (χ1) is 9.25. The van der Waals surface area contributed by atoms with Gasteiger partial charge in [0.1, 0.15) is 0 Å². The fourth-order valence-electron chi connectivity index (χ4n) is 2.40. The third kappa shape index (κ3) is 2.17. The van der Waals surface area contributed by atoms with Crippen LogP contribution in [0, 0.1) is 6.92 Å². The highest BCUT2D eigenvalue weighted by molar-refractivity contribution is 6.04. The summed E-state index contributed by atoms with van der Waals surface area (Å²) in [6, 6.07) is 18.4. The number of aromatic nitrogens is 1. The molecule has 0 spiro atoms. The molecule has 1 aromatic heterocycles. The van der Waals surface area contributed by atoms with Crippen molar-refractivity contribution in [1.29, 1.82) is 0 Å². The summed E-state index contributed by atoms with van der Waals surface area (Å²) in [7, 11) is 0. The Morgan fingerprint density at radius 2 is 1.63 bits per heavy atom. The van der Waals surface area contributed by atoms with E-state index in [4.69, 9.17) is 0 Å². The van der Waals surface area contributed by atoms with Crippen LogP contribution in [0.15, 0.2) is 59.6 Å². The van der Waals surface area contributed by atoms with E-state index in [1.165, 1.54) is 10.9 Å². The molecule has 0 saturated carbocycles. The number of rotatable bonds is 2. The van der Waals surface area contributed by atoms with Crippen LogP contribution in [0.25, 0.3) is 10.9 Å². The van der Waals surface area contributed by atoms with Crippen LogP contribution in [0.1, 0.15) is 18.2 Å². The van der Waals surface area contributed by atoms with Gasteiger partial charge >= 0.3 is 0 Å². The van der Waals surface area contributed by atoms with E-state index in [1.807, 2.05) is 43.3 Å². The summed E-state index contributed by atoms with van der Waals surface area (Å²) < 4.78 is 0. The molecule has 1 N–H and O–H groups in total. The predicted octanol–water partition coefficient (Wildman–Crippen LogP) is 4.62. The Hall–Kier alpha value is -2.35. The molecule has 94 valence electrons. The van der Waals surface area contributed by atoms with Crippen molar-refractivity contribution in [2.24, 2.45) is 4.99 Å². The zero-order valence-corrected chi connectivity index (χ0v) is 11.1. The number of nitrogens with one attached hydrogen (secondary N) is 1. The van der Waals surface area contributed by atoms with Crippen molar-refractivity contribution in [3.63, 3.8) is 0 Å². The maximum atomic E-state index is 4.67. The summed E-state index contributed by atoms with van der Waals surface area (Å²) in [5.74, 6) is 0. The van der Waals surface area contributed by atoms with Gasteiger partial charge in [-0.2, -0.15) is 0 Å². The van der Waals surface area contributed by atoms with Crippen molar-refractivity contribution >= 4 is 22.3 Å². The maximum absolute atomic E-state index is 4.67. The van der Waals surface area contributed by atoms with Crippen LogP contribution in [0.3, 0.4) is 0 Å². The Bertz CT molecular complexity index is 736. The molecule has 0 aliphatic rings. The Morgan fingerprint density at radius 3 is 2.37 bits per heavy atom. The Morgan fingerprint density at radius 1 is 0.947 bits per heavy atom. The van der Waals surface area contributed by atoms with Crippen molar-refractivity contribution in [3.05, 3.63) is 65.9 Å². The molecule has 2 heteroatoms. The number of benzene rings is 2. The van der Waals surface area contributed by atoms with Gasteiger partial charge in [-0.1, -0.05) is 36.4 Å². The third-order valence-electron chi connectivity index (χ3n) is 3.38. The second-order valence-electron chi connectivity index (χ2n) is 4.70. The largest absolute Gasteiger partial charge is 0.353 e. The second-order valence-corrected chi connectivity index (χ2v) is 4.70. The van der Waals surface area contributed by atoms with Crippen molar-refractivity contribution in [3.8, 4) is 0 Å². The van der Waals surface area contributed by atoms with Crippen molar-refractivity contribution in [2.75, 3.05) is 0 Å². The molecule has 1 heterocycles. The first-order valence-corrected chi connectivity index (χ1v) is 6.44. The smallest absolute Gasteiger partial charge is 0.0636 e. The van der Waals surface area contributed by atoms with Crippen molar-refractivity contribution in [2.45, 2.75) is 13.8 Å². The highest BCUT2D eigenvalue weighted by Crippen LogP contribution is 2.23. The van der Waals surface area contributed by atoms with E-state index in [9.17, 15) is 0 Å². The van der Waals surface area contributed by atoms with Crippen LogP contribution in [0.2, 0.25) is 0 Å². The summed E-state index contributed by atoms with van der Waals surface area (Å²) >= 11 is 0. The van der Waals surface area contributed by atoms with Crippen LogP contribution in [-0.2, 0) is 0 Å². The molecule has 0 unspecified atom stereocenters. The highest BCUT2D eigenvalue weighted by atomic mass is 14.8. The van der Waals surface area contributed by atoms with Gasteiger partial charge in [0.25, 0.3) is 0 Å². The molecule has 0 aliphatic heterocycles. The molecule has 19 heavy (non-hydrogen) atoms. The zero-order chi connectivity index (χ0) is 13.2. The Balaban J connectivity index is 2.09. The lowest BCUT2D eigenvalue weighted by atomic mass is 10.1. The lowest BCUT2D eigenvalue weighted by Gasteiger charge is -2.00. The minimum absolute atomic E-state index is 0.984. The van der Waals surface area contributed by atoms with Crippen LogP contribution in [0.4, 0.5) is 5.69 Å². The van der Waals surface area contributed by atoms with E-state index in [1.54, 1.807) is 0 Å². The van der Waals surface area contributed by atoms with Gasteiger partial charge < -0.3 is 4.98 Å². The van der Waals surface area contributed by atoms with Crippen LogP contribution in [0.5, 0.6) is 0 Å². The average molecular weight is 248 g/mol. The molecule has 0 amide bonds. The van der Waals surface area contributed by atoms with Gasteiger partial charge in [-0.15, -0.1) is 0 Å². The predicted molar refractivity (Wildman–Crippen MR) is 81.3 cm³/mol. The van der Waals surface area contributed by atoms with Gasteiger partial charge in [-0.05, 0) is 37.6 Å². The van der Waals surface area contributed by atoms with Gasteiger partial charge in [-0.25, -0.2) is 0 Å². The van der Waals surface area contributed by atoms with E-state index in [-0.39, 0.29) is 0 Å². The topological polar surface area (TPSA) is 28.1 Å². The monoisotopic (exact) mass is 248 g/mol. The van der Waals surface area contributed by atoms with Gasteiger partial charge in [0.05, 0.1) is 17.1 Å². The number of aliphatic imine (C=N–C) groups is 1. The second kappa shape index (κ2) is 4.73. The average Bonchev–Trinajstić information content (AvgIpc) is 2.78. The standard InChI is InChI=1S/C17H16N2/c1-12-15-10-6-7-11-16(15)19-17(12)13(2)18-14-8-4-3-5-9-14/h3-11,19H,1-2H3. The normalized spacial score (nSPS) is 12.0. The molecule has 0 aliphatic carbocycles. The lowest BCUT2D eigenvalue weighted by molar-refractivity contribution is 1.34. The summed E-state index contributed by atoms with van der Waals surface area (Å²) in [5, 5.41) is 1.26. The first-order valence-electron chi connectivity index (χ1n) is 6.44. The van der Waals surface area contributed by atoms with E-state index in [0.29, 0.717) is 0 Å². The summed E-state index contributed by atoms with van der Waals surface area (Å²) in [6.07, 6.45) is 0. The maximum Gasteiger partial charge on any atom is 0.0636 e. The molecular weight excluding hydrogens is 232 g/mol. The Kier molecular flexibility index (Phi) is 2.92. The minimum atomic E-state index is 0.984. The number of aryl methyl sites for hydroxylation is 1.